The van der Waals surface area contributed by atoms with E-state index in [1.807, 2.05) is 48.9 Å². The summed E-state index contributed by atoms with van der Waals surface area (Å²) in [6, 6.07) is 17.8. The van der Waals surface area contributed by atoms with Crippen LogP contribution in [0, 0.1) is 6.42 Å². The number of hydrogen-bond acceptors (Lipinski definition) is 2. The molecular weight excluding hydrogens is 270 g/mol. The normalized spacial score (nSPS) is 12.3. The Morgan fingerprint density at radius 1 is 1.05 bits per heavy atom. The van der Waals surface area contributed by atoms with Gasteiger partial charge >= 0.3 is 0 Å². The molecule has 0 saturated carbocycles. The summed E-state index contributed by atoms with van der Waals surface area (Å²) in [6.07, 6.45) is 2.25. The van der Waals surface area contributed by atoms with Gasteiger partial charge in [-0.1, -0.05) is 54.1 Å². The zero-order chi connectivity index (χ0) is 14.2. The molecule has 0 aliphatic carbocycles. The molecule has 0 amide bonds. The second-order valence-corrected chi connectivity index (χ2v) is 5.19. The summed E-state index contributed by atoms with van der Waals surface area (Å²) in [6.45, 7) is 1.25. The molecule has 0 spiro atoms. The lowest BCUT2D eigenvalue weighted by Crippen LogP contribution is -2.27. The van der Waals surface area contributed by atoms with Crippen molar-refractivity contribution in [3.63, 3.8) is 0 Å². The minimum absolute atomic E-state index is 0.450. The first-order chi connectivity index (χ1) is 9.74. The average molecular weight is 289 g/mol. The highest BCUT2D eigenvalue weighted by atomic mass is 35.5. The van der Waals surface area contributed by atoms with Crippen molar-refractivity contribution in [3.05, 3.63) is 77.2 Å². The highest BCUT2D eigenvalue weighted by Crippen LogP contribution is 2.10. The van der Waals surface area contributed by atoms with Gasteiger partial charge in [-0.15, -0.1) is 0 Å². The van der Waals surface area contributed by atoms with Crippen LogP contribution in [0.1, 0.15) is 11.1 Å². The molecule has 0 bridgehead atoms. The van der Waals surface area contributed by atoms with Crippen molar-refractivity contribution in [2.75, 3.05) is 6.54 Å². The van der Waals surface area contributed by atoms with Crippen LogP contribution in [0.25, 0.3) is 0 Å². The van der Waals surface area contributed by atoms with Crippen molar-refractivity contribution >= 4 is 11.6 Å². The Morgan fingerprint density at radius 3 is 2.55 bits per heavy atom. The highest BCUT2D eigenvalue weighted by molar-refractivity contribution is 6.30. The van der Waals surface area contributed by atoms with Gasteiger partial charge in [0, 0.05) is 18.1 Å². The summed E-state index contributed by atoms with van der Waals surface area (Å²) >= 11 is 5.92. The fourth-order valence-corrected chi connectivity index (χ4v) is 2.19. The van der Waals surface area contributed by atoms with Crippen LogP contribution in [-0.2, 0) is 13.0 Å². The van der Waals surface area contributed by atoms with Crippen LogP contribution in [-0.4, -0.2) is 17.8 Å². The molecule has 20 heavy (non-hydrogen) atoms. The molecule has 0 heterocycles. The lowest BCUT2D eigenvalue weighted by Gasteiger charge is -2.11. The second-order valence-electron chi connectivity index (χ2n) is 4.75. The summed E-state index contributed by atoms with van der Waals surface area (Å²) in [4.78, 5) is 0. The topological polar surface area (TPSA) is 32.3 Å². The largest absolute Gasteiger partial charge is 0.391 e. The SMILES string of the molecule is OC([CH]Cc1ccccc1)CNCc1cccc(Cl)c1. The molecular formula is C17H19ClNO. The van der Waals surface area contributed by atoms with E-state index in [9.17, 15) is 5.11 Å². The van der Waals surface area contributed by atoms with Gasteiger partial charge in [0.15, 0.2) is 0 Å². The highest BCUT2D eigenvalue weighted by Gasteiger charge is 2.04. The van der Waals surface area contributed by atoms with E-state index in [1.54, 1.807) is 0 Å². The number of hydrogen-bond donors (Lipinski definition) is 2. The molecule has 1 unspecified atom stereocenters. The second kappa shape index (κ2) is 8.05. The number of aliphatic hydroxyl groups is 1. The Kier molecular flexibility index (Phi) is 6.06. The van der Waals surface area contributed by atoms with E-state index in [4.69, 9.17) is 11.6 Å². The molecule has 0 aliphatic heterocycles. The third-order valence-electron chi connectivity index (χ3n) is 3.04. The Bertz CT molecular complexity index is 515. The van der Waals surface area contributed by atoms with Gasteiger partial charge in [-0.25, -0.2) is 0 Å². The molecule has 0 aromatic heterocycles. The summed E-state index contributed by atoms with van der Waals surface area (Å²) in [7, 11) is 0. The van der Waals surface area contributed by atoms with Crippen molar-refractivity contribution in [1.82, 2.24) is 5.32 Å². The van der Waals surface area contributed by atoms with Gasteiger partial charge in [0.1, 0.15) is 0 Å². The van der Waals surface area contributed by atoms with E-state index in [0.717, 1.165) is 17.0 Å². The van der Waals surface area contributed by atoms with E-state index in [-0.39, 0.29) is 0 Å². The third kappa shape index (κ3) is 5.33. The fraction of sp³-hybridized carbons (Fsp3) is 0.235. The molecule has 2 N–H and O–H groups in total. The summed E-state index contributed by atoms with van der Waals surface area (Å²) in [5.74, 6) is 0. The van der Waals surface area contributed by atoms with Gasteiger partial charge in [0.05, 0.1) is 6.10 Å². The molecule has 0 fully saturated rings. The van der Waals surface area contributed by atoms with Gasteiger partial charge in [-0.3, -0.25) is 0 Å². The molecule has 2 nitrogen and oxygen atoms in total. The van der Waals surface area contributed by atoms with Crippen LogP contribution < -0.4 is 5.32 Å². The number of rotatable bonds is 7. The fourth-order valence-electron chi connectivity index (χ4n) is 1.98. The molecule has 2 aromatic rings. The minimum atomic E-state index is -0.450. The number of nitrogens with one attached hydrogen (secondary N) is 1. The van der Waals surface area contributed by atoms with Crippen LogP contribution >= 0.6 is 11.6 Å². The van der Waals surface area contributed by atoms with E-state index in [2.05, 4.69) is 17.4 Å². The molecule has 0 saturated heterocycles. The van der Waals surface area contributed by atoms with E-state index in [1.165, 1.54) is 5.56 Å². The number of benzene rings is 2. The third-order valence-corrected chi connectivity index (χ3v) is 3.28. The quantitative estimate of drug-likeness (QED) is 0.820. The van der Waals surface area contributed by atoms with E-state index in [0.29, 0.717) is 13.1 Å². The van der Waals surface area contributed by atoms with Gasteiger partial charge in [0.2, 0.25) is 0 Å². The van der Waals surface area contributed by atoms with E-state index < -0.39 is 6.10 Å². The molecule has 1 radical (unpaired) electrons. The zero-order valence-electron chi connectivity index (χ0n) is 11.3. The Hall–Kier alpha value is -1.35. The Labute approximate surface area is 125 Å². The monoisotopic (exact) mass is 288 g/mol. The average Bonchev–Trinajstić information content (AvgIpc) is 2.46. The molecule has 1 atom stereocenters. The lowest BCUT2D eigenvalue weighted by atomic mass is 10.1. The first kappa shape index (κ1) is 15.0. The van der Waals surface area contributed by atoms with Gasteiger partial charge in [0.25, 0.3) is 0 Å². The molecule has 2 aromatic carbocycles. The lowest BCUT2D eigenvalue weighted by molar-refractivity contribution is 0.200. The standard InChI is InChI=1S/C17H19ClNO/c18-16-8-4-7-15(11-16)12-19-13-17(20)10-9-14-5-2-1-3-6-14/h1-8,10-11,17,19-20H,9,12-13H2. The Morgan fingerprint density at radius 2 is 1.80 bits per heavy atom. The first-order valence-corrected chi connectivity index (χ1v) is 7.12. The molecule has 3 heteroatoms. The van der Waals surface area contributed by atoms with E-state index >= 15 is 0 Å². The predicted octanol–water partition coefficient (Wildman–Crippen LogP) is 3.24. The van der Waals surface area contributed by atoms with Crippen LogP contribution in [0.4, 0.5) is 0 Å². The molecule has 105 valence electrons. The van der Waals surface area contributed by atoms with Crippen molar-refractivity contribution in [3.8, 4) is 0 Å². The van der Waals surface area contributed by atoms with Crippen LogP contribution in [0.2, 0.25) is 5.02 Å². The van der Waals surface area contributed by atoms with Gasteiger partial charge in [-0.05, 0) is 36.1 Å². The van der Waals surface area contributed by atoms with Crippen LogP contribution in [0.15, 0.2) is 54.6 Å². The molecule has 0 aliphatic rings. The first-order valence-electron chi connectivity index (χ1n) is 6.74. The van der Waals surface area contributed by atoms with Gasteiger partial charge < -0.3 is 10.4 Å². The number of aliphatic hydroxyl groups excluding tert-OH is 1. The van der Waals surface area contributed by atoms with Crippen molar-refractivity contribution in [2.45, 2.75) is 19.1 Å². The smallest absolute Gasteiger partial charge is 0.0699 e. The number of halogens is 1. The van der Waals surface area contributed by atoms with Crippen LogP contribution in [0.3, 0.4) is 0 Å². The summed E-state index contributed by atoms with van der Waals surface area (Å²) < 4.78 is 0. The van der Waals surface area contributed by atoms with Crippen molar-refractivity contribution in [1.29, 1.82) is 0 Å². The van der Waals surface area contributed by atoms with Crippen molar-refractivity contribution < 1.29 is 5.11 Å². The minimum Gasteiger partial charge on any atom is -0.391 e. The Balaban J connectivity index is 1.66. The van der Waals surface area contributed by atoms with Crippen LogP contribution in [0.5, 0.6) is 0 Å². The van der Waals surface area contributed by atoms with Gasteiger partial charge in [-0.2, -0.15) is 0 Å². The predicted molar refractivity (Wildman–Crippen MR) is 83.6 cm³/mol. The summed E-state index contributed by atoms with van der Waals surface area (Å²) in [5.41, 5.74) is 2.33. The maximum absolute atomic E-state index is 9.90. The zero-order valence-corrected chi connectivity index (χ0v) is 12.1. The summed E-state index contributed by atoms with van der Waals surface area (Å²) in [5, 5.41) is 13.9. The van der Waals surface area contributed by atoms with Crippen molar-refractivity contribution in [2.24, 2.45) is 0 Å². The molecule has 2 rings (SSSR count). The maximum Gasteiger partial charge on any atom is 0.0699 e. The maximum atomic E-state index is 9.90.